The van der Waals surface area contributed by atoms with Crippen LogP contribution < -0.4 is 0 Å². The molecule has 1 aromatic carbocycles. The van der Waals surface area contributed by atoms with Gasteiger partial charge in [0.2, 0.25) is 11.7 Å². The molecule has 0 aliphatic carbocycles. The third kappa shape index (κ3) is 4.00. The first kappa shape index (κ1) is 18.8. The number of nitrogens with zero attached hydrogens (tertiary/aromatic N) is 6. The predicted octanol–water partition coefficient (Wildman–Crippen LogP) is 2.91. The van der Waals surface area contributed by atoms with E-state index in [2.05, 4.69) is 45.1 Å². The summed E-state index contributed by atoms with van der Waals surface area (Å²) in [7, 11) is 2.00. The molecule has 1 aliphatic rings. The fraction of sp³-hybridized carbons (Fsp3) is 0.476. The molecule has 1 atom stereocenters. The third-order valence-electron chi connectivity index (χ3n) is 5.51. The van der Waals surface area contributed by atoms with Gasteiger partial charge in [-0.15, -0.1) is 0 Å². The zero-order valence-corrected chi connectivity index (χ0v) is 16.9. The van der Waals surface area contributed by atoms with Crippen LogP contribution in [0.3, 0.4) is 0 Å². The lowest BCUT2D eigenvalue weighted by atomic mass is 10.1. The topological polar surface area (TPSA) is 63.2 Å². The average molecular weight is 380 g/mol. The van der Waals surface area contributed by atoms with Crippen molar-refractivity contribution in [3.05, 3.63) is 53.7 Å². The van der Waals surface area contributed by atoms with Crippen molar-refractivity contribution in [3.8, 4) is 11.4 Å². The number of benzene rings is 1. The molecule has 1 unspecified atom stereocenters. The van der Waals surface area contributed by atoms with Gasteiger partial charge in [0, 0.05) is 57.1 Å². The molecule has 0 saturated carbocycles. The number of aryl methyl sites for hydroxylation is 2. The maximum absolute atomic E-state index is 5.56. The summed E-state index contributed by atoms with van der Waals surface area (Å²) in [6.45, 7) is 9.33. The van der Waals surface area contributed by atoms with E-state index in [0.29, 0.717) is 11.7 Å². The number of piperazine rings is 1. The Morgan fingerprint density at radius 3 is 2.57 bits per heavy atom. The van der Waals surface area contributed by atoms with E-state index >= 15 is 0 Å². The Hall–Kier alpha value is -2.51. The van der Waals surface area contributed by atoms with E-state index in [9.17, 15) is 0 Å². The summed E-state index contributed by atoms with van der Waals surface area (Å²) >= 11 is 0. The SMILES string of the molecule is CCc1nn(C)cc1CN1CCN(C(C)c2nc(-c3ccccc3)no2)CC1. The molecule has 0 radical (unpaired) electrons. The maximum atomic E-state index is 5.56. The first-order valence-electron chi connectivity index (χ1n) is 10.0. The minimum Gasteiger partial charge on any atom is -0.337 e. The van der Waals surface area contributed by atoms with Gasteiger partial charge in [-0.25, -0.2) is 0 Å². The first-order valence-corrected chi connectivity index (χ1v) is 10.0. The van der Waals surface area contributed by atoms with Gasteiger partial charge in [-0.05, 0) is 13.3 Å². The van der Waals surface area contributed by atoms with Crippen LogP contribution in [0.4, 0.5) is 0 Å². The lowest BCUT2D eigenvalue weighted by molar-refractivity contribution is 0.0844. The maximum Gasteiger partial charge on any atom is 0.244 e. The molecule has 7 heteroatoms. The van der Waals surface area contributed by atoms with Gasteiger partial charge in [0.15, 0.2) is 0 Å². The largest absolute Gasteiger partial charge is 0.337 e. The highest BCUT2D eigenvalue weighted by Gasteiger charge is 2.26. The van der Waals surface area contributed by atoms with E-state index in [4.69, 9.17) is 4.52 Å². The van der Waals surface area contributed by atoms with Crippen LogP contribution in [0.5, 0.6) is 0 Å². The Kier molecular flexibility index (Phi) is 5.54. The van der Waals surface area contributed by atoms with Gasteiger partial charge in [0.1, 0.15) is 0 Å². The Morgan fingerprint density at radius 1 is 1.11 bits per heavy atom. The van der Waals surface area contributed by atoms with Crippen molar-refractivity contribution in [1.29, 1.82) is 0 Å². The number of aromatic nitrogens is 4. The van der Waals surface area contributed by atoms with Crippen molar-refractivity contribution in [1.82, 2.24) is 29.7 Å². The van der Waals surface area contributed by atoms with E-state index in [0.717, 1.165) is 44.7 Å². The van der Waals surface area contributed by atoms with E-state index in [1.54, 1.807) is 0 Å². The zero-order chi connectivity index (χ0) is 19.5. The van der Waals surface area contributed by atoms with Crippen LogP contribution in [0.25, 0.3) is 11.4 Å². The Balaban J connectivity index is 1.35. The summed E-state index contributed by atoms with van der Waals surface area (Å²) < 4.78 is 7.49. The first-order chi connectivity index (χ1) is 13.6. The standard InChI is InChI=1S/C21H28N6O/c1-4-19-18(14-25(3)23-19)15-26-10-12-27(13-11-26)16(2)21-22-20(24-28-21)17-8-6-5-7-9-17/h5-9,14,16H,4,10-13,15H2,1-3H3. The zero-order valence-electron chi connectivity index (χ0n) is 16.9. The van der Waals surface area contributed by atoms with Crippen molar-refractivity contribution in [2.24, 2.45) is 7.05 Å². The second kappa shape index (κ2) is 8.24. The minimum absolute atomic E-state index is 0.122. The van der Waals surface area contributed by atoms with Crippen LogP contribution in [0.2, 0.25) is 0 Å². The number of hydrogen-bond donors (Lipinski definition) is 0. The molecule has 3 heterocycles. The predicted molar refractivity (Wildman–Crippen MR) is 108 cm³/mol. The Bertz CT molecular complexity index is 895. The fourth-order valence-electron chi connectivity index (χ4n) is 3.83. The van der Waals surface area contributed by atoms with Crippen molar-refractivity contribution >= 4 is 0 Å². The van der Waals surface area contributed by atoms with Gasteiger partial charge in [0.25, 0.3) is 0 Å². The second-order valence-electron chi connectivity index (χ2n) is 7.44. The number of hydrogen-bond acceptors (Lipinski definition) is 6. The second-order valence-corrected chi connectivity index (χ2v) is 7.44. The summed E-state index contributed by atoms with van der Waals surface area (Å²) in [4.78, 5) is 9.55. The molecule has 0 N–H and O–H groups in total. The van der Waals surface area contributed by atoms with Gasteiger partial charge < -0.3 is 4.52 Å². The average Bonchev–Trinajstić information content (AvgIpc) is 3.35. The van der Waals surface area contributed by atoms with E-state index in [-0.39, 0.29) is 6.04 Å². The lowest BCUT2D eigenvalue weighted by Crippen LogP contribution is -2.46. The van der Waals surface area contributed by atoms with Crippen molar-refractivity contribution in [2.75, 3.05) is 26.2 Å². The number of rotatable bonds is 6. The molecule has 28 heavy (non-hydrogen) atoms. The summed E-state index contributed by atoms with van der Waals surface area (Å²) in [5, 5.41) is 8.72. The van der Waals surface area contributed by atoms with Crippen molar-refractivity contribution < 1.29 is 4.52 Å². The molecule has 4 rings (SSSR count). The molecule has 3 aromatic rings. The molecule has 2 aromatic heterocycles. The van der Waals surface area contributed by atoms with Gasteiger partial charge >= 0.3 is 0 Å². The summed E-state index contributed by atoms with van der Waals surface area (Å²) in [6.07, 6.45) is 3.13. The van der Waals surface area contributed by atoms with Crippen LogP contribution in [0.1, 0.15) is 37.0 Å². The van der Waals surface area contributed by atoms with Crippen LogP contribution in [0.15, 0.2) is 41.1 Å². The summed E-state index contributed by atoms with van der Waals surface area (Å²) in [6, 6.07) is 10.1. The Morgan fingerprint density at radius 2 is 1.86 bits per heavy atom. The van der Waals surface area contributed by atoms with Crippen LogP contribution in [-0.2, 0) is 20.0 Å². The molecule has 1 fully saturated rings. The van der Waals surface area contributed by atoms with E-state index in [1.807, 2.05) is 42.1 Å². The lowest BCUT2D eigenvalue weighted by Gasteiger charge is -2.36. The molecular weight excluding hydrogens is 352 g/mol. The normalized spacial score (nSPS) is 17.1. The quantitative estimate of drug-likeness (QED) is 0.655. The molecule has 1 saturated heterocycles. The molecule has 7 nitrogen and oxygen atoms in total. The molecule has 1 aliphatic heterocycles. The van der Waals surface area contributed by atoms with Crippen LogP contribution in [-0.4, -0.2) is 55.9 Å². The summed E-state index contributed by atoms with van der Waals surface area (Å²) in [5.74, 6) is 1.34. The minimum atomic E-state index is 0.122. The highest BCUT2D eigenvalue weighted by atomic mass is 16.5. The highest BCUT2D eigenvalue weighted by Crippen LogP contribution is 2.24. The van der Waals surface area contributed by atoms with E-state index in [1.165, 1.54) is 11.3 Å². The van der Waals surface area contributed by atoms with Crippen LogP contribution in [0, 0.1) is 0 Å². The molecule has 0 amide bonds. The van der Waals surface area contributed by atoms with E-state index < -0.39 is 0 Å². The monoisotopic (exact) mass is 380 g/mol. The highest BCUT2D eigenvalue weighted by molar-refractivity contribution is 5.53. The molecule has 0 bridgehead atoms. The Labute approximate surface area is 166 Å². The molecule has 0 spiro atoms. The fourth-order valence-corrected chi connectivity index (χ4v) is 3.83. The van der Waals surface area contributed by atoms with Crippen LogP contribution >= 0.6 is 0 Å². The van der Waals surface area contributed by atoms with Gasteiger partial charge in [-0.1, -0.05) is 42.4 Å². The van der Waals surface area contributed by atoms with Gasteiger partial charge in [-0.2, -0.15) is 10.1 Å². The van der Waals surface area contributed by atoms with Gasteiger partial charge in [0.05, 0.1) is 11.7 Å². The molecule has 148 valence electrons. The smallest absolute Gasteiger partial charge is 0.244 e. The summed E-state index contributed by atoms with van der Waals surface area (Å²) in [5.41, 5.74) is 3.53. The third-order valence-corrected chi connectivity index (χ3v) is 5.51. The molecular formula is C21H28N6O. The van der Waals surface area contributed by atoms with Crippen molar-refractivity contribution in [3.63, 3.8) is 0 Å². The van der Waals surface area contributed by atoms with Crippen molar-refractivity contribution in [2.45, 2.75) is 32.9 Å². The van der Waals surface area contributed by atoms with Gasteiger partial charge in [-0.3, -0.25) is 14.5 Å².